The molecule has 0 saturated carbocycles. The minimum Gasteiger partial charge on any atom is -0.468 e. The highest BCUT2D eigenvalue weighted by Gasteiger charge is 2.14. The zero-order valence-electron chi connectivity index (χ0n) is 12.7. The number of fused-ring (bicyclic) bond motifs is 1. The van der Waals surface area contributed by atoms with E-state index in [0.717, 1.165) is 11.0 Å². The molecule has 1 amide bonds. The van der Waals surface area contributed by atoms with Gasteiger partial charge in [0.25, 0.3) is 5.91 Å². The highest BCUT2D eigenvalue weighted by molar-refractivity contribution is 6.06. The number of benzene rings is 1. The number of hydrogen-bond acceptors (Lipinski definition) is 5. The summed E-state index contributed by atoms with van der Waals surface area (Å²) in [6.07, 6.45) is 3.08. The van der Waals surface area contributed by atoms with Crippen LogP contribution in [0, 0.1) is 6.92 Å². The summed E-state index contributed by atoms with van der Waals surface area (Å²) in [5.41, 5.74) is 3.30. The molecule has 0 saturated heterocycles. The molecular weight excluding hydrogens is 298 g/mol. The second-order valence-electron chi connectivity index (χ2n) is 4.97. The predicted octanol–water partition coefficient (Wildman–Crippen LogP) is 1.49. The monoisotopic (exact) mass is 313 g/mol. The summed E-state index contributed by atoms with van der Waals surface area (Å²) in [5.74, 6) is -0.666. The van der Waals surface area contributed by atoms with E-state index in [1.165, 1.54) is 18.0 Å². The number of amides is 1. The minimum atomic E-state index is -0.404. The van der Waals surface area contributed by atoms with Crippen molar-refractivity contribution in [2.45, 2.75) is 13.5 Å². The summed E-state index contributed by atoms with van der Waals surface area (Å²) < 4.78 is 6.08. The second kappa shape index (κ2) is 5.91. The number of anilines is 1. The van der Waals surface area contributed by atoms with Crippen molar-refractivity contribution in [3.63, 3.8) is 0 Å². The standard InChI is InChI=1S/C15H15N5O3/c1-9-13(6-18-20(9)7-14(21)23-2)19-15(22)10-3-4-11-12(5-10)17-8-16-11/h3-6,8H,7H2,1-2H3,(H,16,17)(H,19,22). The fraction of sp³-hybridized carbons (Fsp3) is 0.200. The third kappa shape index (κ3) is 2.91. The number of aromatic nitrogens is 4. The van der Waals surface area contributed by atoms with Crippen molar-refractivity contribution >= 4 is 28.6 Å². The first-order valence-corrected chi connectivity index (χ1v) is 6.92. The molecule has 0 aliphatic rings. The Morgan fingerprint density at radius 2 is 2.22 bits per heavy atom. The fourth-order valence-corrected chi connectivity index (χ4v) is 2.19. The van der Waals surface area contributed by atoms with Crippen molar-refractivity contribution in [3.8, 4) is 0 Å². The number of imidazole rings is 1. The van der Waals surface area contributed by atoms with Gasteiger partial charge in [0.15, 0.2) is 0 Å². The van der Waals surface area contributed by atoms with Gasteiger partial charge in [-0.15, -0.1) is 0 Å². The third-order valence-corrected chi connectivity index (χ3v) is 3.54. The van der Waals surface area contributed by atoms with E-state index in [0.29, 0.717) is 16.9 Å². The maximum atomic E-state index is 12.3. The van der Waals surface area contributed by atoms with Gasteiger partial charge in [-0.2, -0.15) is 5.10 Å². The van der Waals surface area contributed by atoms with Crippen LogP contribution >= 0.6 is 0 Å². The van der Waals surface area contributed by atoms with Crippen LogP contribution in [0.15, 0.2) is 30.7 Å². The largest absolute Gasteiger partial charge is 0.468 e. The summed E-state index contributed by atoms with van der Waals surface area (Å²) in [6.45, 7) is 1.77. The number of esters is 1. The van der Waals surface area contributed by atoms with Gasteiger partial charge in [-0.3, -0.25) is 14.3 Å². The van der Waals surface area contributed by atoms with E-state index in [1.807, 2.05) is 0 Å². The lowest BCUT2D eigenvalue weighted by Crippen LogP contribution is -2.15. The van der Waals surface area contributed by atoms with Crippen LogP contribution in [0.3, 0.4) is 0 Å². The Morgan fingerprint density at radius 3 is 3.00 bits per heavy atom. The van der Waals surface area contributed by atoms with Crippen molar-refractivity contribution in [2.24, 2.45) is 0 Å². The van der Waals surface area contributed by atoms with Crippen LogP contribution in [0.5, 0.6) is 0 Å². The number of nitrogens with zero attached hydrogens (tertiary/aromatic N) is 3. The van der Waals surface area contributed by atoms with Crippen LogP contribution < -0.4 is 5.32 Å². The number of hydrogen-bond donors (Lipinski definition) is 2. The highest BCUT2D eigenvalue weighted by atomic mass is 16.5. The number of methoxy groups -OCH3 is 1. The molecule has 8 heteroatoms. The summed E-state index contributed by atoms with van der Waals surface area (Å²) in [4.78, 5) is 30.7. The van der Waals surface area contributed by atoms with Crippen LogP contribution in [0.2, 0.25) is 0 Å². The number of ether oxygens (including phenoxy) is 1. The minimum absolute atomic E-state index is 0.00168. The van der Waals surface area contributed by atoms with Crippen molar-refractivity contribution in [1.82, 2.24) is 19.7 Å². The molecule has 3 aromatic rings. The average molecular weight is 313 g/mol. The average Bonchev–Trinajstić information content (AvgIpc) is 3.15. The van der Waals surface area contributed by atoms with Gasteiger partial charge in [0.05, 0.1) is 42.0 Å². The molecule has 2 N–H and O–H groups in total. The molecule has 0 bridgehead atoms. The normalized spacial score (nSPS) is 10.7. The summed E-state index contributed by atoms with van der Waals surface area (Å²) >= 11 is 0. The number of carbonyl (C=O) groups is 2. The second-order valence-corrected chi connectivity index (χ2v) is 4.97. The number of H-pyrrole nitrogens is 1. The van der Waals surface area contributed by atoms with E-state index in [9.17, 15) is 9.59 Å². The van der Waals surface area contributed by atoms with E-state index < -0.39 is 5.97 Å². The van der Waals surface area contributed by atoms with Crippen LogP contribution in [0.25, 0.3) is 11.0 Å². The molecule has 3 rings (SSSR count). The molecule has 2 aromatic heterocycles. The Hall–Kier alpha value is -3.16. The Morgan fingerprint density at radius 1 is 1.39 bits per heavy atom. The highest BCUT2D eigenvalue weighted by Crippen LogP contribution is 2.17. The molecule has 1 aromatic carbocycles. The van der Waals surface area contributed by atoms with Gasteiger partial charge in [-0.1, -0.05) is 0 Å². The Bertz CT molecular complexity index is 880. The zero-order valence-corrected chi connectivity index (χ0v) is 12.7. The van der Waals surface area contributed by atoms with E-state index in [4.69, 9.17) is 0 Å². The smallest absolute Gasteiger partial charge is 0.327 e. The summed E-state index contributed by atoms with van der Waals surface area (Å²) in [5, 5.41) is 6.86. The van der Waals surface area contributed by atoms with E-state index in [2.05, 4.69) is 25.1 Å². The van der Waals surface area contributed by atoms with E-state index in [-0.39, 0.29) is 12.5 Å². The van der Waals surface area contributed by atoms with Gasteiger partial charge in [0, 0.05) is 5.56 Å². The van der Waals surface area contributed by atoms with Crippen LogP contribution in [-0.4, -0.2) is 38.7 Å². The van der Waals surface area contributed by atoms with Crippen LogP contribution in [-0.2, 0) is 16.1 Å². The first-order valence-electron chi connectivity index (χ1n) is 6.92. The van der Waals surface area contributed by atoms with Gasteiger partial charge < -0.3 is 15.0 Å². The number of nitrogens with one attached hydrogen (secondary N) is 2. The molecule has 0 unspecified atom stereocenters. The molecular formula is C15H15N5O3. The van der Waals surface area contributed by atoms with Crippen molar-refractivity contribution in [1.29, 1.82) is 0 Å². The summed E-state index contributed by atoms with van der Waals surface area (Å²) in [7, 11) is 1.31. The predicted molar refractivity (Wildman–Crippen MR) is 83.0 cm³/mol. The molecule has 0 spiro atoms. The van der Waals surface area contributed by atoms with Crippen molar-refractivity contribution in [3.05, 3.63) is 42.0 Å². The first-order chi connectivity index (χ1) is 11.1. The Kier molecular flexibility index (Phi) is 3.80. The van der Waals surface area contributed by atoms with Crippen molar-refractivity contribution in [2.75, 3.05) is 12.4 Å². The van der Waals surface area contributed by atoms with Crippen LogP contribution in [0.1, 0.15) is 16.1 Å². The van der Waals surface area contributed by atoms with E-state index in [1.54, 1.807) is 31.5 Å². The maximum Gasteiger partial charge on any atom is 0.327 e. The molecule has 0 radical (unpaired) electrons. The van der Waals surface area contributed by atoms with Crippen molar-refractivity contribution < 1.29 is 14.3 Å². The topological polar surface area (TPSA) is 102 Å². The van der Waals surface area contributed by atoms with Crippen LogP contribution in [0.4, 0.5) is 5.69 Å². The Balaban J connectivity index is 1.78. The number of carbonyl (C=O) groups excluding carboxylic acids is 2. The SMILES string of the molecule is COC(=O)Cn1ncc(NC(=O)c2ccc3nc[nH]c3c2)c1C. The molecule has 8 nitrogen and oxygen atoms in total. The molecule has 0 aliphatic heterocycles. The van der Waals surface area contributed by atoms with Gasteiger partial charge in [0.2, 0.25) is 0 Å². The number of aromatic amines is 1. The van der Waals surface area contributed by atoms with Gasteiger partial charge in [-0.25, -0.2) is 4.98 Å². The fourth-order valence-electron chi connectivity index (χ4n) is 2.19. The molecule has 0 aliphatic carbocycles. The molecule has 0 atom stereocenters. The quantitative estimate of drug-likeness (QED) is 0.711. The Labute approximate surface area is 131 Å². The van der Waals surface area contributed by atoms with E-state index >= 15 is 0 Å². The van der Waals surface area contributed by atoms with Gasteiger partial charge >= 0.3 is 5.97 Å². The van der Waals surface area contributed by atoms with Gasteiger partial charge in [0.1, 0.15) is 6.54 Å². The maximum absolute atomic E-state index is 12.3. The molecule has 23 heavy (non-hydrogen) atoms. The molecule has 118 valence electrons. The zero-order chi connectivity index (χ0) is 16.4. The molecule has 0 fully saturated rings. The number of rotatable bonds is 4. The summed E-state index contributed by atoms with van der Waals surface area (Å²) in [6, 6.07) is 5.20. The molecule has 2 heterocycles. The first kappa shape index (κ1) is 14.8. The lowest BCUT2D eigenvalue weighted by atomic mass is 10.2. The lowest BCUT2D eigenvalue weighted by Gasteiger charge is -2.06. The lowest BCUT2D eigenvalue weighted by molar-refractivity contribution is -0.141. The third-order valence-electron chi connectivity index (χ3n) is 3.54. The van der Waals surface area contributed by atoms with Gasteiger partial charge in [-0.05, 0) is 25.1 Å².